The van der Waals surface area contributed by atoms with Gasteiger partial charge >= 0.3 is 0 Å². The number of hydrogen-bond donors (Lipinski definition) is 2. The second kappa shape index (κ2) is 13.6. The van der Waals surface area contributed by atoms with Crippen LogP contribution in [0.2, 0.25) is 0 Å². The van der Waals surface area contributed by atoms with Gasteiger partial charge in [-0.1, -0.05) is 13.8 Å². The minimum absolute atomic E-state index is 0.851. The molecule has 0 atom stereocenters. The van der Waals surface area contributed by atoms with Gasteiger partial charge in [-0.05, 0) is 64.1 Å². The van der Waals surface area contributed by atoms with E-state index < -0.39 is 0 Å². The molecule has 0 aliphatic heterocycles. The highest BCUT2D eigenvalue weighted by molar-refractivity contribution is 5.79. The lowest BCUT2D eigenvalue weighted by Gasteiger charge is -2.21. The Labute approximate surface area is 143 Å². The average Bonchev–Trinajstić information content (AvgIpc) is 3.37. The summed E-state index contributed by atoms with van der Waals surface area (Å²) < 4.78 is 5.64. The molecule has 0 bridgehead atoms. The quantitative estimate of drug-likeness (QED) is 0.292. The lowest BCUT2D eigenvalue weighted by Crippen LogP contribution is -2.39. The van der Waals surface area contributed by atoms with Gasteiger partial charge < -0.3 is 20.3 Å². The summed E-state index contributed by atoms with van der Waals surface area (Å²) in [6.45, 7) is 11.8. The van der Waals surface area contributed by atoms with E-state index in [9.17, 15) is 0 Å². The van der Waals surface area contributed by atoms with E-state index >= 15 is 0 Å². The van der Waals surface area contributed by atoms with Crippen molar-refractivity contribution in [1.29, 1.82) is 0 Å². The molecule has 5 heteroatoms. The van der Waals surface area contributed by atoms with Gasteiger partial charge in [0.1, 0.15) is 0 Å². The molecule has 1 rings (SSSR count). The normalized spacial score (nSPS) is 15.2. The topological polar surface area (TPSA) is 48.9 Å². The molecule has 1 fully saturated rings. The van der Waals surface area contributed by atoms with Gasteiger partial charge in [0.2, 0.25) is 0 Å². The third-order valence-electron chi connectivity index (χ3n) is 4.06. The van der Waals surface area contributed by atoms with Crippen LogP contribution < -0.4 is 10.6 Å². The summed E-state index contributed by atoms with van der Waals surface area (Å²) in [7, 11) is 1.83. The molecule has 0 aromatic carbocycles. The summed E-state index contributed by atoms with van der Waals surface area (Å²) in [5, 5.41) is 6.76. The van der Waals surface area contributed by atoms with Gasteiger partial charge in [0.15, 0.2) is 5.96 Å². The fourth-order valence-electron chi connectivity index (χ4n) is 2.61. The van der Waals surface area contributed by atoms with Crippen molar-refractivity contribution in [3.05, 3.63) is 0 Å². The zero-order valence-corrected chi connectivity index (χ0v) is 15.6. The van der Waals surface area contributed by atoms with Crippen molar-refractivity contribution in [2.45, 2.75) is 52.4 Å². The first kappa shape index (κ1) is 20.2. The summed E-state index contributed by atoms with van der Waals surface area (Å²) in [5.41, 5.74) is 0. The Bertz CT molecular complexity index is 299. The van der Waals surface area contributed by atoms with Crippen molar-refractivity contribution in [1.82, 2.24) is 15.5 Å². The van der Waals surface area contributed by atoms with Gasteiger partial charge in [-0.15, -0.1) is 0 Å². The van der Waals surface area contributed by atoms with E-state index in [4.69, 9.17) is 4.74 Å². The van der Waals surface area contributed by atoms with Crippen molar-refractivity contribution < 1.29 is 4.74 Å². The molecule has 0 aromatic rings. The van der Waals surface area contributed by atoms with Crippen LogP contribution in [0.15, 0.2) is 4.99 Å². The Balaban J connectivity index is 1.97. The molecule has 136 valence electrons. The summed E-state index contributed by atoms with van der Waals surface area (Å²) in [4.78, 5) is 6.82. The van der Waals surface area contributed by atoms with E-state index in [2.05, 4.69) is 34.4 Å². The van der Waals surface area contributed by atoms with Crippen LogP contribution in [0.5, 0.6) is 0 Å². The number of nitrogens with one attached hydrogen (secondary N) is 2. The molecule has 2 N–H and O–H groups in total. The van der Waals surface area contributed by atoms with Crippen LogP contribution in [0.1, 0.15) is 52.4 Å². The highest BCUT2D eigenvalue weighted by atomic mass is 16.5. The monoisotopic (exact) mass is 326 g/mol. The van der Waals surface area contributed by atoms with Crippen molar-refractivity contribution in [3.8, 4) is 0 Å². The zero-order chi connectivity index (χ0) is 16.8. The third-order valence-corrected chi connectivity index (χ3v) is 4.06. The van der Waals surface area contributed by atoms with E-state index in [0.29, 0.717) is 0 Å². The Morgan fingerprint density at radius 1 is 1.04 bits per heavy atom. The molecule has 0 heterocycles. The summed E-state index contributed by atoms with van der Waals surface area (Å²) >= 11 is 0. The standard InChI is InChI=1S/C18H38N4O/c1-4-12-22(13-5-2)14-6-10-20-18(19-3)21-11-7-15-23-16-17-8-9-17/h17H,4-16H2,1-3H3,(H2,19,20,21). The molecule has 0 spiro atoms. The number of rotatable bonds is 14. The molecule has 1 aliphatic carbocycles. The molecule has 23 heavy (non-hydrogen) atoms. The predicted octanol–water partition coefficient (Wildman–Crippen LogP) is 2.48. The SMILES string of the molecule is CCCN(CCC)CCCNC(=NC)NCCCOCC1CC1. The van der Waals surface area contributed by atoms with Crippen LogP contribution >= 0.6 is 0 Å². The fourth-order valence-corrected chi connectivity index (χ4v) is 2.61. The molecule has 0 radical (unpaired) electrons. The number of hydrogen-bond acceptors (Lipinski definition) is 3. The summed E-state index contributed by atoms with van der Waals surface area (Å²) in [6, 6.07) is 0. The maximum atomic E-state index is 5.64. The first-order chi connectivity index (χ1) is 11.3. The van der Waals surface area contributed by atoms with E-state index in [1.165, 1.54) is 45.3 Å². The van der Waals surface area contributed by atoms with Gasteiger partial charge in [0, 0.05) is 33.4 Å². The smallest absolute Gasteiger partial charge is 0.190 e. The molecular weight excluding hydrogens is 288 g/mol. The molecule has 0 amide bonds. The van der Waals surface area contributed by atoms with Crippen molar-refractivity contribution in [2.75, 3.05) is 53.0 Å². The minimum Gasteiger partial charge on any atom is -0.381 e. The lowest BCUT2D eigenvalue weighted by molar-refractivity contribution is 0.123. The maximum absolute atomic E-state index is 5.64. The number of ether oxygens (including phenoxy) is 1. The van der Waals surface area contributed by atoms with E-state index in [1.54, 1.807) is 0 Å². The van der Waals surface area contributed by atoms with Crippen molar-refractivity contribution >= 4 is 5.96 Å². The van der Waals surface area contributed by atoms with Gasteiger partial charge in [-0.3, -0.25) is 4.99 Å². The zero-order valence-electron chi connectivity index (χ0n) is 15.6. The van der Waals surface area contributed by atoms with Crippen LogP contribution in [0.4, 0.5) is 0 Å². The van der Waals surface area contributed by atoms with Crippen LogP contribution in [0.25, 0.3) is 0 Å². The van der Waals surface area contributed by atoms with Crippen LogP contribution in [-0.4, -0.2) is 63.8 Å². The van der Waals surface area contributed by atoms with Crippen LogP contribution in [0, 0.1) is 5.92 Å². The molecule has 0 saturated heterocycles. The Morgan fingerprint density at radius 2 is 1.70 bits per heavy atom. The molecule has 1 saturated carbocycles. The summed E-state index contributed by atoms with van der Waals surface area (Å²) in [5.74, 6) is 1.77. The molecule has 0 aromatic heterocycles. The largest absolute Gasteiger partial charge is 0.381 e. The second-order valence-electron chi connectivity index (χ2n) is 6.49. The van der Waals surface area contributed by atoms with Gasteiger partial charge in [0.05, 0.1) is 0 Å². The second-order valence-corrected chi connectivity index (χ2v) is 6.49. The molecule has 1 aliphatic rings. The summed E-state index contributed by atoms with van der Waals surface area (Å²) in [6.07, 6.45) is 7.39. The lowest BCUT2D eigenvalue weighted by atomic mass is 10.3. The predicted molar refractivity (Wildman–Crippen MR) is 99.2 cm³/mol. The molecular formula is C18H38N4O. The highest BCUT2D eigenvalue weighted by Crippen LogP contribution is 2.28. The van der Waals surface area contributed by atoms with Crippen molar-refractivity contribution in [3.63, 3.8) is 0 Å². The Kier molecular flexibility index (Phi) is 12.0. The minimum atomic E-state index is 0.851. The van der Waals surface area contributed by atoms with Gasteiger partial charge in [-0.25, -0.2) is 0 Å². The van der Waals surface area contributed by atoms with E-state index in [1.807, 2.05) is 7.05 Å². The Morgan fingerprint density at radius 3 is 2.26 bits per heavy atom. The fraction of sp³-hybridized carbons (Fsp3) is 0.944. The number of aliphatic imine (C=N–C) groups is 1. The first-order valence-electron chi connectivity index (χ1n) is 9.54. The maximum Gasteiger partial charge on any atom is 0.190 e. The van der Waals surface area contributed by atoms with Crippen LogP contribution in [0.3, 0.4) is 0 Å². The van der Waals surface area contributed by atoms with Gasteiger partial charge in [-0.2, -0.15) is 0 Å². The third kappa shape index (κ3) is 11.4. The first-order valence-corrected chi connectivity index (χ1v) is 9.54. The average molecular weight is 327 g/mol. The molecule has 0 unspecified atom stereocenters. The van der Waals surface area contributed by atoms with Crippen molar-refractivity contribution in [2.24, 2.45) is 10.9 Å². The Hall–Kier alpha value is -0.810. The number of nitrogens with zero attached hydrogens (tertiary/aromatic N) is 2. The van der Waals surface area contributed by atoms with E-state index in [-0.39, 0.29) is 0 Å². The highest BCUT2D eigenvalue weighted by Gasteiger charge is 2.20. The van der Waals surface area contributed by atoms with Crippen LogP contribution in [-0.2, 0) is 4.74 Å². The molecule has 5 nitrogen and oxygen atoms in total. The van der Waals surface area contributed by atoms with E-state index in [0.717, 1.165) is 51.0 Å². The van der Waals surface area contributed by atoms with Gasteiger partial charge in [0.25, 0.3) is 0 Å². The number of guanidine groups is 1.